The lowest BCUT2D eigenvalue weighted by Gasteiger charge is -2.09. The SMILES string of the molecule is NC(=NC(=S)c1cccc2ccccc12)NC(=O)c1cccc2ccccc12. The van der Waals surface area contributed by atoms with Crippen LogP contribution in [0.3, 0.4) is 0 Å². The Morgan fingerprint density at radius 2 is 1.25 bits per heavy atom. The minimum atomic E-state index is -0.321. The fraction of sp³-hybridized carbons (Fsp3) is 0. The molecular formula is C23H17N3OS. The molecule has 0 aliphatic heterocycles. The molecule has 1 amide bonds. The first-order valence-electron chi connectivity index (χ1n) is 8.79. The maximum absolute atomic E-state index is 12.7. The van der Waals surface area contributed by atoms with E-state index in [9.17, 15) is 4.79 Å². The Balaban J connectivity index is 1.60. The lowest BCUT2D eigenvalue weighted by atomic mass is 10.0. The van der Waals surface area contributed by atoms with Crippen molar-refractivity contribution < 1.29 is 4.79 Å². The smallest absolute Gasteiger partial charge is 0.258 e. The van der Waals surface area contributed by atoms with Crippen molar-refractivity contribution in [2.75, 3.05) is 0 Å². The monoisotopic (exact) mass is 383 g/mol. The van der Waals surface area contributed by atoms with Crippen LogP contribution in [-0.2, 0) is 0 Å². The van der Waals surface area contributed by atoms with E-state index in [0.29, 0.717) is 10.6 Å². The van der Waals surface area contributed by atoms with Crippen molar-refractivity contribution >= 4 is 50.6 Å². The summed E-state index contributed by atoms with van der Waals surface area (Å²) < 4.78 is 0. The molecule has 0 heterocycles. The average Bonchev–Trinajstić information content (AvgIpc) is 2.72. The average molecular weight is 383 g/mol. The van der Waals surface area contributed by atoms with E-state index in [0.717, 1.165) is 27.1 Å². The first kappa shape index (κ1) is 17.8. The summed E-state index contributed by atoms with van der Waals surface area (Å²) in [6, 6.07) is 27.0. The van der Waals surface area contributed by atoms with Gasteiger partial charge in [0.05, 0.1) is 0 Å². The second-order valence-corrected chi connectivity index (χ2v) is 6.70. The van der Waals surface area contributed by atoms with Gasteiger partial charge in [0.2, 0.25) is 5.96 Å². The summed E-state index contributed by atoms with van der Waals surface area (Å²) in [7, 11) is 0. The third kappa shape index (κ3) is 3.48. The van der Waals surface area contributed by atoms with E-state index in [1.165, 1.54) is 0 Å². The molecule has 5 heteroatoms. The molecule has 3 N–H and O–H groups in total. The summed E-state index contributed by atoms with van der Waals surface area (Å²) in [5.74, 6) is -0.352. The van der Waals surface area contributed by atoms with Crippen molar-refractivity contribution in [1.29, 1.82) is 0 Å². The number of benzene rings is 4. The molecule has 28 heavy (non-hydrogen) atoms. The predicted molar refractivity (Wildman–Crippen MR) is 119 cm³/mol. The van der Waals surface area contributed by atoms with Gasteiger partial charge in [-0.3, -0.25) is 10.1 Å². The fourth-order valence-corrected chi connectivity index (χ4v) is 3.49. The number of guanidine groups is 1. The topological polar surface area (TPSA) is 67.5 Å². The van der Waals surface area contributed by atoms with Crippen LogP contribution in [0.2, 0.25) is 0 Å². The van der Waals surface area contributed by atoms with Crippen LogP contribution in [0.15, 0.2) is 89.9 Å². The molecule has 0 atom stereocenters. The molecule has 0 aromatic heterocycles. The number of carbonyl (C=O) groups is 1. The summed E-state index contributed by atoms with van der Waals surface area (Å²) in [5.41, 5.74) is 7.30. The first-order chi connectivity index (χ1) is 13.6. The molecule has 0 radical (unpaired) electrons. The number of fused-ring (bicyclic) bond motifs is 2. The van der Waals surface area contributed by atoms with Gasteiger partial charge >= 0.3 is 0 Å². The second kappa shape index (κ2) is 7.58. The lowest BCUT2D eigenvalue weighted by Crippen LogP contribution is -2.37. The Labute approximate surface area is 167 Å². The molecule has 4 aromatic rings. The van der Waals surface area contributed by atoms with Gasteiger partial charge in [-0.25, -0.2) is 4.99 Å². The molecule has 4 aromatic carbocycles. The molecule has 0 bridgehead atoms. The van der Waals surface area contributed by atoms with E-state index in [1.54, 1.807) is 6.07 Å². The third-order valence-corrected chi connectivity index (χ3v) is 4.83. The number of thiocarbonyl (C=S) groups is 1. The molecule has 0 saturated carbocycles. The summed E-state index contributed by atoms with van der Waals surface area (Å²) in [4.78, 5) is 17.2. The van der Waals surface area contributed by atoms with Gasteiger partial charge in [-0.05, 0) is 27.6 Å². The van der Waals surface area contributed by atoms with Crippen molar-refractivity contribution in [3.05, 3.63) is 96.1 Å². The van der Waals surface area contributed by atoms with Crippen molar-refractivity contribution in [3.63, 3.8) is 0 Å². The van der Waals surface area contributed by atoms with Crippen molar-refractivity contribution in [1.82, 2.24) is 5.32 Å². The van der Waals surface area contributed by atoms with Gasteiger partial charge in [0.25, 0.3) is 5.91 Å². The largest absolute Gasteiger partial charge is 0.369 e. The van der Waals surface area contributed by atoms with E-state index in [4.69, 9.17) is 18.0 Å². The number of hydrogen-bond acceptors (Lipinski definition) is 2. The van der Waals surface area contributed by atoms with Gasteiger partial charge in [0.15, 0.2) is 0 Å². The third-order valence-electron chi connectivity index (χ3n) is 4.52. The first-order valence-corrected chi connectivity index (χ1v) is 9.20. The van der Waals surface area contributed by atoms with Gasteiger partial charge in [0.1, 0.15) is 4.99 Å². The number of nitrogens with zero attached hydrogens (tertiary/aromatic N) is 1. The molecule has 0 saturated heterocycles. The zero-order chi connectivity index (χ0) is 19.5. The van der Waals surface area contributed by atoms with Crippen LogP contribution in [0, 0.1) is 0 Å². The van der Waals surface area contributed by atoms with Gasteiger partial charge in [-0.1, -0.05) is 91.1 Å². The Bertz CT molecular complexity index is 1240. The van der Waals surface area contributed by atoms with Gasteiger partial charge in [0, 0.05) is 11.1 Å². The number of nitrogens with one attached hydrogen (secondary N) is 1. The highest BCUT2D eigenvalue weighted by Gasteiger charge is 2.12. The Morgan fingerprint density at radius 3 is 1.89 bits per heavy atom. The summed E-state index contributed by atoms with van der Waals surface area (Å²) in [6.45, 7) is 0. The normalized spacial score (nSPS) is 11.5. The standard InChI is InChI=1S/C23H17N3OS/c24-23(25-21(27)19-13-5-9-15-7-1-3-11-17(15)19)26-22(28)20-14-6-10-16-8-2-4-12-18(16)20/h1-14H,(H3,24,25,26,27,28). The van der Waals surface area contributed by atoms with Crippen LogP contribution in [0.1, 0.15) is 15.9 Å². The van der Waals surface area contributed by atoms with E-state index in [2.05, 4.69) is 10.3 Å². The van der Waals surface area contributed by atoms with Crippen molar-refractivity contribution in [2.24, 2.45) is 10.7 Å². The van der Waals surface area contributed by atoms with Crippen molar-refractivity contribution in [3.8, 4) is 0 Å². The van der Waals surface area contributed by atoms with Gasteiger partial charge in [-0.2, -0.15) is 0 Å². The Hall–Kier alpha value is -3.57. The fourth-order valence-electron chi connectivity index (χ4n) is 3.22. The van der Waals surface area contributed by atoms with Crippen molar-refractivity contribution in [2.45, 2.75) is 0 Å². The number of hydrogen-bond donors (Lipinski definition) is 2. The number of carbonyl (C=O) groups excluding carboxylic acids is 1. The summed E-state index contributed by atoms with van der Waals surface area (Å²) >= 11 is 5.45. The molecule has 0 aliphatic carbocycles. The molecule has 4 nitrogen and oxygen atoms in total. The molecule has 0 spiro atoms. The zero-order valence-electron chi connectivity index (χ0n) is 14.9. The van der Waals surface area contributed by atoms with E-state index in [1.807, 2.05) is 78.9 Å². The molecule has 0 unspecified atom stereocenters. The highest BCUT2D eigenvalue weighted by molar-refractivity contribution is 7.80. The van der Waals surface area contributed by atoms with Crippen LogP contribution >= 0.6 is 12.2 Å². The van der Waals surface area contributed by atoms with Crippen LogP contribution in [0.4, 0.5) is 0 Å². The zero-order valence-corrected chi connectivity index (χ0v) is 15.7. The molecular weight excluding hydrogens is 366 g/mol. The van der Waals surface area contributed by atoms with E-state index < -0.39 is 0 Å². The lowest BCUT2D eigenvalue weighted by molar-refractivity contribution is 0.0978. The number of nitrogens with two attached hydrogens (primary N) is 1. The molecule has 0 aliphatic rings. The molecule has 0 fully saturated rings. The van der Waals surface area contributed by atoms with E-state index >= 15 is 0 Å². The molecule has 4 rings (SSSR count). The molecule has 136 valence electrons. The van der Waals surface area contributed by atoms with Crippen LogP contribution in [-0.4, -0.2) is 16.9 Å². The minimum Gasteiger partial charge on any atom is -0.369 e. The van der Waals surface area contributed by atoms with Crippen LogP contribution in [0.5, 0.6) is 0 Å². The van der Waals surface area contributed by atoms with E-state index in [-0.39, 0.29) is 11.9 Å². The number of aliphatic imine (C=N–C) groups is 1. The summed E-state index contributed by atoms with van der Waals surface area (Å²) in [5, 5.41) is 6.53. The maximum atomic E-state index is 12.7. The van der Waals surface area contributed by atoms with Gasteiger partial charge < -0.3 is 5.73 Å². The number of amides is 1. The summed E-state index contributed by atoms with van der Waals surface area (Å²) in [6.07, 6.45) is 0. The highest BCUT2D eigenvalue weighted by atomic mass is 32.1. The quantitative estimate of drug-likeness (QED) is 0.306. The minimum absolute atomic E-state index is 0.0316. The predicted octanol–water partition coefficient (Wildman–Crippen LogP) is 4.41. The number of rotatable bonds is 2. The Kier molecular flexibility index (Phi) is 4.83. The van der Waals surface area contributed by atoms with Gasteiger partial charge in [-0.15, -0.1) is 0 Å². The second-order valence-electron chi connectivity index (χ2n) is 6.31. The highest BCUT2D eigenvalue weighted by Crippen LogP contribution is 2.20. The Morgan fingerprint density at radius 1 is 0.750 bits per heavy atom. The van der Waals surface area contributed by atoms with Crippen LogP contribution in [0.25, 0.3) is 21.5 Å². The van der Waals surface area contributed by atoms with Crippen LogP contribution < -0.4 is 11.1 Å². The maximum Gasteiger partial charge on any atom is 0.258 e.